The Morgan fingerprint density at radius 2 is 1.89 bits per heavy atom. The molecule has 0 amide bonds. The number of hydrogen-bond acceptors (Lipinski definition) is 4. The number of rotatable bonds is 3. The van der Waals surface area contributed by atoms with Gasteiger partial charge in [-0.2, -0.15) is 0 Å². The third-order valence-electron chi connectivity index (χ3n) is 3.57. The van der Waals surface area contributed by atoms with E-state index in [2.05, 4.69) is 4.98 Å². The van der Waals surface area contributed by atoms with E-state index in [-0.39, 0.29) is 0 Å². The van der Waals surface area contributed by atoms with E-state index in [9.17, 15) is 0 Å². The quantitative estimate of drug-likeness (QED) is 0.685. The lowest BCUT2D eigenvalue weighted by Gasteiger charge is -2.22. The van der Waals surface area contributed by atoms with Gasteiger partial charge in [-0.1, -0.05) is 36.6 Å². The van der Waals surface area contributed by atoms with E-state index in [0.29, 0.717) is 6.04 Å². The van der Waals surface area contributed by atoms with Crippen LogP contribution in [0.4, 0.5) is 5.13 Å². The minimum absolute atomic E-state index is 0.448. The molecular weight excluding hydrogens is 278 g/mol. The number of anilines is 1. The summed E-state index contributed by atoms with van der Waals surface area (Å²) in [6, 6.07) is 8.18. The molecule has 0 unspecified atom stereocenters. The minimum atomic E-state index is 0.448. The SMILES string of the molecule is NN(c1nc(-c2ccc(Cl)cc2)cs1)C1CCCC1. The zero-order valence-corrected chi connectivity index (χ0v) is 12.1. The monoisotopic (exact) mass is 293 g/mol. The van der Waals surface area contributed by atoms with E-state index >= 15 is 0 Å². The van der Waals surface area contributed by atoms with Crippen molar-refractivity contribution in [3.63, 3.8) is 0 Å². The molecule has 0 radical (unpaired) electrons. The molecule has 5 heteroatoms. The van der Waals surface area contributed by atoms with Gasteiger partial charge < -0.3 is 0 Å². The van der Waals surface area contributed by atoms with Gasteiger partial charge in [0.1, 0.15) is 0 Å². The van der Waals surface area contributed by atoms with Crippen LogP contribution < -0.4 is 10.9 Å². The fourth-order valence-electron chi connectivity index (χ4n) is 2.47. The molecule has 1 heterocycles. The molecule has 3 rings (SSSR count). The van der Waals surface area contributed by atoms with Gasteiger partial charge in [0.05, 0.1) is 5.69 Å². The summed E-state index contributed by atoms with van der Waals surface area (Å²) in [5.41, 5.74) is 2.04. The summed E-state index contributed by atoms with van der Waals surface area (Å²) in [5.74, 6) is 6.18. The first kappa shape index (κ1) is 12.9. The molecule has 3 nitrogen and oxygen atoms in total. The molecule has 1 saturated carbocycles. The van der Waals surface area contributed by atoms with E-state index in [1.807, 2.05) is 34.7 Å². The molecule has 1 aliphatic carbocycles. The molecule has 1 aromatic heterocycles. The molecular formula is C14H16ClN3S. The van der Waals surface area contributed by atoms with Gasteiger partial charge in [-0.25, -0.2) is 10.8 Å². The predicted molar refractivity (Wildman–Crippen MR) is 81.5 cm³/mol. The number of nitrogens with two attached hydrogens (primary N) is 1. The molecule has 19 heavy (non-hydrogen) atoms. The summed E-state index contributed by atoms with van der Waals surface area (Å²) >= 11 is 7.50. The lowest BCUT2D eigenvalue weighted by atomic mass is 10.2. The Kier molecular flexibility index (Phi) is 3.73. The first-order chi connectivity index (χ1) is 9.24. The molecule has 1 aliphatic rings. The third-order valence-corrected chi connectivity index (χ3v) is 4.68. The van der Waals surface area contributed by atoms with Crippen LogP contribution in [-0.4, -0.2) is 11.0 Å². The maximum absolute atomic E-state index is 6.18. The van der Waals surface area contributed by atoms with Crippen LogP contribution in [0.25, 0.3) is 11.3 Å². The molecule has 1 aromatic carbocycles. The predicted octanol–water partition coefficient (Wildman–Crippen LogP) is 4.09. The fraction of sp³-hybridized carbons (Fsp3) is 0.357. The Morgan fingerprint density at radius 3 is 2.58 bits per heavy atom. The third kappa shape index (κ3) is 2.76. The van der Waals surface area contributed by atoms with Gasteiger partial charge >= 0.3 is 0 Å². The maximum atomic E-state index is 6.18. The number of nitrogens with zero attached hydrogens (tertiary/aromatic N) is 2. The summed E-state index contributed by atoms with van der Waals surface area (Å²) in [6.45, 7) is 0. The smallest absolute Gasteiger partial charge is 0.200 e. The standard InChI is InChI=1S/C14H16ClN3S/c15-11-7-5-10(6-8-11)13-9-19-14(17-13)18(16)12-3-1-2-4-12/h5-9,12H,1-4,16H2. The van der Waals surface area contributed by atoms with E-state index < -0.39 is 0 Å². The van der Waals surface area contributed by atoms with Crippen molar-refractivity contribution in [1.29, 1.82) is 0 Å². The van der Waals surface area contributed by atoms with Crippen molar-refractivity contribution in [3.8, 4) is 11.3 Å². The van der Waals surface area contributed by atoms with Crippen molar-refractivity contribution in [3.05, 3.63) is 34.7 Å². The summed E-state index contributed by atoms with van der Waals surface area (Å²) in [5, 5.41) is 5.53. The first-order valence-corrected chi connectivity index (χ1v) is 7.75. The molecule has 100 valence electrons. The Balaban J connectivity index is 1.80. The molecule has 2 N–H and O–H groups in total. The van der Waals surface area contributed by atoms with Crippen LogP contribution in [0.15, 0.2) is 29.6 Å². The average Bonchev–Trinajstić information content (AvgIpc) is 3.10. The lowest BCUT2D eigenvalue weighted by molar-refractivity contribution is 0.622. The van der Waals surface area contributed by atoms with Gasteiger partial charge in [0.2, 0.25) is 0 Å². The van der Waals surface area contributed by atoms with E-state index in [1.54, 1.807) is 11.3 Å². The van der Waals surface area contributed by atoms with E-state index in [4.69, 9.17) is 17.4 Å². The van der Waals surface area contributed by atoms with E-state index in [1.165, 1.54) is 25.7 Å². The van der Waals surface area contributed by atoms with Crippen LogP contribution in [0.5, 0.6) is 0 Å². The van der Waals surface area contributed by atoms with Gasteiger partial charge in [-0.05, 0) is 25.0 Å². The van der Waals surface area contributed by atoms with E-state index in [0.717, 1.165) is 21.4 Å². The fourth-order valence-corrected chi connectivity index (χ4v) is 3.43. The second-order valence-electron chi connectivity index (χ2n) is 4.87. The van der Waals surface area contributed by atoms with Crippen molar-refractivity contribution < 1.29 is 0 Å². The van der Waals surface area contributed by atoms with Crippen molar-refractivity contribution >= 4 is 28.1 Å². The lowest BCUT2D eigenvalue weighted by Crippen LogP contribution is -2.39. The topological polar surface area (TPSA) is 42.1 Å². The van der Waals surface area contributed by atoms with Crippen LogP contribution in [0, 0.1) is 0 Å². The van der Waals surface area contributed by atoms with Crippen molar-refractivity contribution in [2.24, 2.45) is 5.84 Å². The minimum Gasteiger partial charge on any atom is -0.283 e. The summed E-state index contributed by atoms with van der Waals surface area (Å²) in [4.78, 5) is 4.63. The highest BCUT2D eigenvalue weighted by atomic mass is 35.5. The average molecular weight is 294 g/mol. The number of hydrogen-bond donors (Lipinski definition) is 1. The van der Waals surface area contributed by atoms with Gasteiger partial charge in [-0.3, -0.25) is 5.01 Å². The number of halogens is 1. The largest absolute Gasteiger partial charge is 0.283 e. The summed E-state index contributed by atoms with van der Waals surface area (Å²) in [6.07, 6.45) is 4.89. The molecule has 1 fully saturated rings. The van der Waals surface area contributed by atoms with Gasteiger partial charge in [0.25, 0.3) is 0 Å². The molecule has 0 spiro atoms. The van der Waals surface area contributed by atoms with Crippen LogP contribution in [0.2, 0.25) is 5.02 Å². The van der Waals surface area contributed by atoms with Gasteiger partial charge in [-0.15, -0.1) is 11.3 Å². The Bertz CT molecular complexity index is 546. The molecule has 0 bridgehead atoms. The highest BCUT2D eigenvalue weighted by Gasteiger charge is 2.22. The highest BCUT2D eigenvalue weighted by molar-refractivity contribution is 7.14. The van der Waals surface area contributed by atoms with Crippen LogP contribution in [-0.2, 0) is 0 Å². The second-order valence-corrected chi connectivity index (χ2v) is 6.14. The summed E-state index contributed by atoms with van der Waals surface area (Å²) < 4.78 is 0. The molecule has 0 atom stereocenters. The number of hydrazine groups is 1. The number of thiazole rings is 1. The van der Waals surface area contributed by atoms with Crippen molar-refractivity contribution in [2.45, 2.75) is 31.7 Å². The Labute approximate surface area is 122 Å². The van der Waals surface area contributed by atoms with Crippen LogP contribution in [0.3, 0.4) is 0 Å². The highest BCUT2D eigenvalue weighted by Crippen LogP contribution is 2.31. The zero-order valence-electron chi connectivity index (χ0n) is 10.6. The summed E-state index contributed by atoms with van der Waals surface area (Å²) in [7, 11) is 0. The molecule has 0 aliphatic heterocycles. The second kappa shape index (κ2) is 5.49. The maximum Gasteiger partial charge on any atom is 0.200 e. The Hall–Kier alpha value is -1.10. The van der Waals surface area contributed by atoms with Crippen molar-refractivity contribution in [1.82, 2.24) is 4.98 Å². The first-order valence-electron chi connectivity index (χ1n) is 6.49. The normalized spacial score (nSPS) is 15.9. The van der Waals surface area contributed by atoms with Crippen molar-refractivity contribution in [2.75, 3.05) is 5.01 Å². The molecule has 2 aromatic rings. The van der Waals surface area contributed by atoms with Gasteiger partial charge in [0.15, 0.2) is 5.13 Å². The van der Waals surface area contributed by atoms with Gasteiger partial charge in [0, 0.05) is 22.0 Å². The number of aromatic nitrogens is 1. The van der Waals surface area contributed by atoms with Crippen LogP contribution in [0.1, 0.15) is 25.7 Å². The molecule has 0 saturated heterocycles. The van der Waals surface area contributed by atoms with Crippen LogP contribution >= 0.6 is 22.9 Å². The number of benzene rings is 1. The zero-order chi connectivity index (χ0) is 13.2. The Morgan fingerprint density at radius 1 is 1.21 bits per heavy atom.